The number of hydrogen-bond donors (Lipinski definition) is 0. The van der Waals surface area contributed by atoms with Crippen molar-refractivity contribution in [3.63, 3.8) is 0 Å². The normalized spacial score (nSPS) is 12.8. The standard InChI is InChI=1S/C22H22N2O/c1-2-13-24(16-18-9-7-17(15-23)8-10-18)22(25)21-12-11-19-5-3-4-6-20(19)14-21/h2,7-12,14H,1,3-6,13,16H2. The molecule has 0 N–H and O–H groups in total. The van der Waals surface area contributed by atoms with Crippen LogP contribution in [0.1, 0.15) is 45.5 Å². The highest BCUT2D eigenvalue weighted by Gasteiger charge is 2.18. The lowest BCUT2D eigenvalue weighted by molar-refractivity contribution is 0.0762. The highest BCUT2D eigenvalue weighted by molar-refractivity contribution is 5.94. The molecule has 0 saturated heterocycles. The van der Waals surface area contributed by atoms with E-state index in [1.807, 2.05) is 18.2 Å². The quantitative estimate of drug-likeness (QED) is 0.769. The first kappa shape index (κ1) is 17.0. The molecule has 2 aromatic rings. The Hall–Kier alpha value is -2.86. The van der Waals surface area contributed by atoms with E-state index in [0.717, 1.165) is 24.0 Å². The molecule has 0 heterocycles. The largest absolute Gasteiger partial charge is 0.331 e. The number of fused-ring (bicyclic) bond motifs is 1. The Balaban J connectivity index is 1.80. The second kappa shape index (κ2) is 7.81. The molecule has 3 nitrogen and oxygen atoms in total. The number of rotatable bonds is 5. The number of aryl methyl sites for hydroxylation is 2. The van der Waals surface area contributed by atoms with Crippen molar-refractivity contribution in [1.29, 1.82) is 5.26 Å². The summed E-state index contributed by atoms with van der Waals surface area (Å²) in [6.07, 6.45) is 6.37. The van der Waals surface area contributed by atoms with Gasteiger partial charge in [0.25, 0.3) is 5.91 Å². The van der Waals surface area contributed by atoms with E-state index in [0.29, 0.717) is 18.7 Å². The van der Waals surface area contributed by atoms with E-state index < -0.39 is 0 Å². The lowest BCUT2D eigenvalue weighted by atomic mass is 9.90. The van der Waals surface area contributed by atoms with Gasteiger partial charge in [0.2, 0.25) is 0 Å². The number of carbonyl (C=O) groups excluding carboxylic acids is 1. The fourth-order valence-corrected chi connectivity index (χ4v) is 3.33. The summed E-state index contributed by atoms with van der Waals surface area (Å²) in [5.41, 5.74) is 5.07. The summed E-state index contributed by atoms with van der Waals surface area (Å²) in [6.45, 7) is 4.78. The average Bonchev–Trinajstić information content (AvgIpc) is 2.67. The van der Waals surface area contributed by atoms with Gasteiger partial charge in [-0.15, -0.1) is 6.58 Å². The number of amides is 1. The van der Waals surface area contributed by atoms with Crippen molar-refractivity contribution in [3.8, 4) is 6.07 Å². The fraction of sp³-hybridized carbons (Fsp3) is 0.273. The van der Waals surface area contributed by atoms with Crippen LogP contribution in [-0.4, -0.2) is 17.4 Å². The maximum Gasteiger partial charge on any atom is 0.254 e. The van der Waals surface area contributed by atoms with Crippen LogP contribution in [0, 0.1) is 11.3 Å². The molecule has 0 aliphatic heterocycles. The van der Waals surface area contributed by atoms with Gasteiger partial charge in [-0.05, 0) is 66.6 Å². The second-order valence-corrected chi connectivity index (χ2v) is 6.47. The van der Waals surface area contributed by atoms with Crippen LogP contribution in [0.15, 0.2) is 55.1 Å². The molecule has 0 unspecified atom stereocenters. The summed E-state index contributed by atoms with van der Waals surface area (Å²) in [5, 5.41) is 8.90. The van der Waals surface area contributed by atoms with Crippen LogP contribution in [0.5, 0.6) is 0 Å². The third-order valence-corrected chi connectivity index (χ3v) is 4.69. The van der Waals surface area contributed by atoms with Gasteiger partial charge < -0.3 is 4.90 Å². The van der Waals surface area contributed by atoms with Crippen LogP contribution in [0.25, 0.3) is 0 Å². The molecule has 126 valence electrons. The third kappa shape index (κ3) is 3.97. The second-order valence-electron chi connectivity index (χ2n) is 6.47. The fourth-order valence-electron chi connectivity index (χ4n) is 3.33. The maximum absolute atomic E-state index is 13.0. The van der Waals surface area contributed by atoms with Crippen molar-refractivity contribution < 1.29 is 4.79 Å². The van der Waals surface area contributed by atoms with E-state index >= 15 is 0 Å². The van der Waals surface area contributed by atoms with Crippen molar-refractivity contribution in [1.82, 2.24) is 4.90 Å². The Morgan fingerprint density at radius 3 is 2.52 bits per heavy atom. The summed E-state index contributed by atoms with van der Waals surface area (Å²) < 4.78 is 0. The first-order valence-electron chi connectivity index (χ1n) is 8.72. The molecular formula is C22H22N2O. The molecule has 0 aromatic heterocycles. The number of nitriles is 1. The van der Waals surface area contributed by atoms with Crippen molar-refractivity contribution in [3.05, 3.63) is 82.9 Å². The van der Waals surface area contributed by atoms with Gasteiger partial charge in [0.1, 0.15) is 0 Å². The van der Waals surface area contributed by atoms with Crippen molar-refractivity contribution >= 4 is 5.91 Å². The molecule has 1 aliphatic rings. The summed E-state index contributed by atoms with van der Waals surface area (Å²) >= 11 is 0. The SMILES string of the molecule is C=CCN(Cc1ccc(C#N)cc1)C(=O)c1ccc2c(c1)CCCC2. The third-order valence-electron chi connectivity index (χ3n) is 4.69. The zero-order valence-electron chi connectivity index (χ0n) is 14.4. The van der Waals surface area contributed by atoms with Crippen LogP contribution in [0.2, 0.25) is 0 Å². The molecule has 0 bridgehead atoms. The first-order valence-corrected chi connectivity index (χ1v) is 8.72. The van der Waals surface area contributed by atoms with Gasteiger partial charge >= 0.3 is 0 Å². The Bertz CT molecular complexity index is 815. The molecular weight excluding hydrogens is 308 g/mol. The van der Waals surface area contributed by atoms with Crippen LogP contribution in [0.4, 0.5) is 0 Å². The molecule has 3 heteroatoms. The Labute approximate surface area is 149 Å². The minimum absolute atomic E-state index is 0.0256. The number of nitrogens with zero attached hydrogens (tertiary/aromatic N) is 2. The minimum atomic E-state index is 0.0256. The lowest BCUT2D eigenvalue weighted by Crippen LogP contribution is -2.31. The van der Waals surface area contributed by atoms with Gasteiger partial charge in [-0.1, -0.05) is 24.3 Å². The van der Waals surface area contributed by atoms with Crippen LogP contribution < -0.4 is 0 Å². The molecule has 3 rings (SSSR count). The van der Waals surface area contributed by atoms with Crippen molar-refractivity contribution in [2.75, 3.05) is 6.54 Å². The molecule has 0 radical (unpaired) electrons. The van der Waals surface area contributed by atoms with E-state index in [-0.39, 0.29) is 5.91 Å². The highest BCUT2D eigenvalue weighted by atomic mass is 16.2. The van der Waals surface area contributed by atoms with Gasteiger partial charge in [0.15, 0.2) is 0 Å². The number of carbonyl (C=O) groups is 1. The van der Waals surface area contributed by atoms with Crippen LogP contribution in [-0.2, 0) is 19.4 Å². The van der Waals surface area contributed by atoms with E-state index in [2.05, 4.69) is 24.8 Å². The van der Waals surface area contributed by atoms with E-state index in [4.69, 9.17) is 5.26 Å². The zero-order chi connectivity index (χ0) is 17.6. The monoisotopic (exact) mass is 330 g/mol. The predicted molar refractivity (Wildman–Crippen MR) is 99.2 cm³/mol. The van der Waals surface area contributed by atoms with Crippen molar-refractivity contribution in [2.45, 2.75) is 32.2 Å². The molecule has 25 heavy (non-hydrogen) atoms. The molecule has 0 spiro atoms. The summed E-state index contributed by atoms with van der Waals surface area (Å²) in [4.78, 5) is 14.8. The van der Waals surface area contributed by atoms with Gasteiger partial charge in [-0.25, -0.2) is 0 Å². The molecule has 0 saturated carbocycles. The van der Waals surface area contributed by atoms with E-state index in [9.17, 15) is 4.79 Å². The molecule has 0 fully saturated rings. The summed E-state index contributed by atoms with van der Waals surface area (Å²) in [5.74, 6) is 0.0256. The average molecular weight is 330 g/mol. The van der Waals surface area contributed by atoms with Gasteiger partial charge in [-0.3, -0.25) is 4.79 Å². The topological polar surface area (TPSA) is 44.1 Å². The molecule has 1 aliphatic carbocycles. The Morgan fingerprint density at radius 1 is 1.12 bits per heavy atom. The van der Waals surface area contributed by atoms with Crippen LogP contribution >= 0.6 is 0 Å². The number of benzene rings is 2. The van der Waals surface area contributed by atoms with Gasteiger partial charge in [0, 0.05) is 18.7 Å². The lowest BCUT2D eigenvalue weighted by Gasteiger charge is -2.23. The first-order chi connectivity index (χ1) is 12.2. The smallest absolute Gasteiger partial charge is 0.254 e. The minimum Gasteiger partial charge on any atom is -0.331 e. The van der Waals surface area contributed by atoms with E-state index in [1.165, 1.54) is 24.0 Å². The van der Waals surface area contributed by atoms with E-state index in [1.54, 1.807) is 23.1 Å². The predicted octanol–water partition coefficient (Wildman–Crippen LogP) is 4.27. The summed E-state index contributed by atoms with van der Waals surface area (Å²) in [6, 6.07) is 15.6. The molecule has 0 atom stereocenters. The summed E-state index contributed by atoms with van der Waals surface area (Å²) in [7, 11) is 0. The van der Waals surface area contributed by atoms with Crippen molar-refractivity contribution in [2.24, 2.45) is 0 Å². The molecule has 2 aromatic carbocycles. The highest BCUT2D eigenvalue weighted by Crippen LogP contribution is 2.23. The van der Waals surface area contributed by atoms with Gasteiger partial charge in [-0.2, -0.15) is 5.26 Å². The maximum atomic E-state index is 13.0. The van der Waals surface area contributed by atoms with Crippen LogP contribution in [0.3, 0.4) is 0 Å². The zero-order valence-corrected chi connectivity index (χ0v) is 14.4. The Kier molecular flexibility index (Phi) is 5.30. The van der Waals surface area contributed by atoms with Gasteiger partial charge in [0.05, 0.1) is 11.6 Å². The number of hydrogen-bond acceptors (Lipinski definition) is 2. The molecule has 1 amide bonds. The Morgan fingerprint density at radius 2 is 1.84 bits per heavy atom.